The lowest BCUT2D eigenvalue weighted by atomic mass is 9.75. The van der Waals surface area contributed by atoms with Gasteiger partial charge >= 0.3 is 0 Å². The molecule has 3 rings (SSSR count). The molecule has 2 heterocycles. The van der Waals surface area contributed by atoms with Gasteiger partial charge in [0.15, 0.2) is 0 Å². The number of ether oxygens (including phenoxy) is 1. The molecule has 0 unspecified atom stereocenters. The van der Waals surface area contributed by atoms with Crippen molar-refractivity contribution in [3.63, 3.8) is 0 Å². The van der Waals surface area contributed by atoms with Crippen LogP contribution in [-0.4, -0.2) is 34.4 Å². The number of aliphatic hydroxyl groups excluding tert-OH is 1. The van der Waals surface area contributed by atoms with Gasteiger partial charge in [-0.05, 0) is 44.6 Å². The van der Waals surface area contributed by atoms with E-state index in [4.69, 9.17) is 9.26 Å². The van der Waals surface area contributed by atoms with Crippen LogP contribution in [0.2, 0.25) is 0 Å². The number of nitrogens with one attached hydrogen (secondary N) is 1. The summed E-state index contributed by atoms with van der Waals surface area (Å²) in [4.78, 5) is 16.8. The lowest BCUT2D eigenvalue weighted by Gasteiger charge is -2.38. The van der Waals surface area contributed by atoms with Crippen molar-refractivity contribution in [2.45, 2.75) is 51.7 Å². The Kier molecular flexibility index (Phi) is 5.56. The highest BCUT2D eigenvalue weighted by Crippen LogP contribution is 2.38. The molecule has 0 saturated heterocycles. The van der Waals surface area contributed by atoms with Crippen LogP contribution in [0.3, 0.4) is 0 Å². The molecule has 7 heteroatoms. The number of aromatic nitrogens is 2. The van der Waals surface area contributed by atoms with Gasteiger partial charge in [0, 0.05) is 24.2 Å². The Bertz CT molecular complexity index is 731. The lowest BCUT2D eigenvalue weighted by molar-refractivity contribution is -0.123. The average molecular weight is 359 g/mol. The summed E-state index contributed by atoms with van der Waals surface area (Å²) in [7, 11) is 1.57. The molecule has 26 heavy (non-hydrogen) atoms. The molecule has 1 atom stereocenters. The summed E-state index contributed by atoms with van der Waals surface area (Å²) in [6.07, 6.45) is 3.75. The molecule has 1 amide bonds. The van der Waals surface area contributed by atoms with E-state index in [2.05, 4.69) is 15.5 Å². The van der Waals surface area contributed by atoms with Gasteiger partial charge in [-0.3, -0.25) is 4.79 Å². The molecule has 0 aliphatic heterocycles. The maximum absolute atomic E-state index is 12.5. The summed E-state index contributed by atoms with van der Waals surface area (Å²) in [5.41, 5.74) is 2.74. The second-order valence-corrected chi connectivity index (χ2v) is 6.87. The highest BCUT2D eigenvalue weighted by atomic mass is 16.5. The number of hydrogen-bond acceptors (Lipinski definition) is 6. The Labute approximate surface area is 152 Å². The average Bonchev–Trinajstić information content (AvgIpc) is 2.93. The zero-order chi connectivity index (χ0) is 18.7. The molecule has 1 saturated carbocycles. The van der Waals surface area contributed by atoms with E-state index >= 15 is 0 Å². The normalized spacial score (nSPS) is 20.3. The first-order chi connectivity index (χ1) is 12.5. The SMILES string of the molecule is COc1ccc([C@@H](NC(=O)CCc2c(C)noc2C)C2CC(O)C2)cn1. The van der Waals surface area contributed by atoms with Crippen molar-refractivity contribution in [1.29, 1.82) is 0 Å². The summed E-state index contributed by atoms with van der Waals surface area (Å²) < 4.78 is 10.2. The highest BCUT2D eigenvalue weighted by Gasteiger charge is 2.35. The molecule has 0 spiro atoms. The minimum atomic E-state index is -0.284. The third kappa shape index (κ3) is 4.04. The van der Waals surface area contributed by atoms with Crippen LogP contribution in [0.15, 0.2) is 22.9 Å². The molecule has 2 aromatic rings. The van der Waals surface area contributed by atoms with Crippen LogP contribution in [0.25, 0.3) is 0 Å². The number of methoxy groups -OCH3 is 1. The molecule has 0 radical (unpaired) electrons. The Morgan fingerprint density at radius 1 is 1.42 bits per heavy atom. The van der Waals surface area contributed by atoms with E-state index in [0.717, 1.165) is 22.6 Å². The smallest absolute Gasteiger partial charge is 0.220 e. The minimum Gasteiger partial charge on any atom is -0.481 e. The largest absolute Gasteiger partial charge is 0.481 e. The third-order valence-electron chi connectivity index (χ3n) is 5.05. The molecule has 2 N–H and O–H groups in total. The molecule has 7 nitrogen and oxygen atoms in total. The minimum absolute atomic E-state index is 0.0350. The first kappa shape index (κ1) is 18.4. The Balaban J connectivity index is 1.66. The van der Waals surface area contributed by atoms with E-state index in [1.807, 2.05) is 19.9 Å². The van der Waals surface area contributed by atoms with E-state index in [1.54, 1.807) is 19.4 Å². The van der Waals surface area contributed by atoms with Crippen LogP contribution in [0.1, 0.15) is 47.9 Å². The van der Waals surface area contributed by atoms with Gasteiger partial charge in [0.1, 0.15) is 5.76 Å². The van der Waals surface area contributed by atoms with E-state index in [1.165, 1.54) is 0 Å². The molecule has 1 aliphatic carbocycles. The van der Waals surface area contributed by atoms with Crippen LogP contribution in [0.4, 0.5) is 0 Å². The van der Waals surface area contributed by atoms with E-state index in [0.29, 0.717) is 31.6 Å². The van der Waals surface area contributed by atoms with Crippen LogP contribution < -0.4 is 10.1 Å². The molecule has 1 aliphatic rings. The van der Waals surface area contributed by atoms with Gasteiger partial charge in [-0.25, -0.2) is 4.98 Å². The predicted molar refractivity (Wildman–Crippen MR) is 94.7 cm³/mol. The van der Waals surface area contributed by atoms with Gasteiger partial charge in [0.2, 0.25) is 11.8 Å². The molecule has 0 aromatic carbocycles. The number of aliphatic hydroxyl groups is 1. The van der Waals surface area contributed by atoms with Gasteiger partial charge < -0.3 is 19.7 Å². The lowest BCUT2D eigenvalue weighted by Crippen LogP contribution is -2.41. The zero-order valence-electron chi connectivity index (χ0n) is 15.4. The topological polar surface area (TPSA) is 97.5 Å². The zero-order valence-corrected chi connectivity index (χ0v) is 15.4. The molecule has 140 valence electrons. The number of carbonyl (C=O) groups excluding carboxylic acids is 1. The van der Waals surface area contributed by atoms with Crippen LogP contribution >= 0.6 is 0 Å². The Morgan fingerprint density at radius 3 is 2.73 bits per heavy atom. The fraction of sp³-hybridized carbons (Fsp3) is 0.526. The number of pyridine rings is 1. The van der Waals surface area contributed by atoms with Crippen LogP contribution in [0, 0.1) is 19.8 Å². The summed E-state index contributed by atoms with van der Waals surface area (Å²) >= 11 is 0. The summed E-state index contributed by atoms with van der Waals surface area (Å²) in [6.45, 7) is 3.74. The second kappa shape index (κ2) is 7.86. The maximum Gasteiger partial charge on any atom is 0.220 e. The summed E-state index contributed by atoms with van der Waals surface area (Å²) in [5.74, 6) is 1.47. The molecule has 0 bridgehead atoms. The number of amides is 1. The van der Waals surface area contributed by atoms with Gasteiger partial charge in [0.25, 0.3) is 0 Å². The second-order valence-electron chi connectivity index (χ2n) is 6.87. The highest BCUT2D eigenvalue weighted by molar-refractivity contribution is 5.76. The van der Waals surface area contributed by atoms with Crippen molar-refractivity contribution in [2.24, 2.45) is 5.92 Å². The summed E-state index contributed by atoms with van der Waals surface area (Å²) in [6, 6.07) is 3.54. The first-order valence-electron chi connectivity index (χ1n) is 8.87. The van der Waals surface area contributed by atoms with E-state index in [9.17, 15) is 9.90 Å². The standard InChI is InChI=1S/C19H25N3O4/c1-11-16(12(2)26-22-11)5-6-17(24)21-19(14-8-15(23)9-14)13-4-7-18(25-3)20-10-13/h4,7,10,14-15,19,23H,5-6,8-9H2,1-3H3,(H,21,24)/t14?,15?,19-/m1/s1. The van der Waals surface area contributed by atoms with Crippen molar-refractivity contribution in [1.82, 2.24) is 15.5 Å². The Hall–Kier alpha value is -2.41. The van der Waals surface area contributed by atoms with Crippen molar-refractivity contribution < 1.29 is 19.2 Å². The van der Waals surface area contributed by atoms with E-state index in [-0.39, 0.29) is 24.0 Å². The fourth-order valence-electron chi connectivity index (χ4n) is 3.41. The van der Waals surface area contributed by atoms with Crippen molar-refractivity contribution >= 4 is 5.91 Å². The van der Waals surface area contributed by atoms with Gasteiger partial charge in [0.05, 0.1) is 24.9 Å². The van der Waals surface area contributed by atoms with Gasteiger partial charge in [-0.1, -0.05) is 11.2 Å². The predicted octanol–water partition coefficient (Wildman–Crippen LogP) is 2.26. The number of nitrogens with zero attached hydrogens (tertiary/aromatic N) is 2. The molecule has 2 aromatic heterocycles. The number of hydrogen-bond donors (Lipinski definition) is 2. The van der Waals surface area contributed by atoms with E-state index < -0.39 is 0 Å². The third-order valence-corrected chi connectivity index (χ3v) is 5.05. The Morgan fingerprint density at radius 2 is 2.19 bits per heavy atom. The number of rotatable bonds is 7. The van der Waals surface area contributed by atoms with Gasteiger partial charge in [-0.2, -0.15) is 0 Å². The molecular formula is C19H25N3O4. The first-order valence-corrected chi connectivity index (χ1v) is 8.87. The van der Waals surface area contributed by atoms with Crippen molar-refractivity contribution in [3.8, 4) is 5.88 Å². The molecule has 1 fully saturated rings. The summed E-state index contributed by atoms with van der Waals surface area (Å²) in [5, 5.41) is 16.7. The fourth-order valence-corrected chi connectivity index (χ4v) is 3.41. The van der Waals surface area contributed by atoms with Gasteiger partial charge in [-0.15, -0.1) is 0 Å². The van der Waals surface area contributed by atoms with Crippen LogP contribution in [0.5, 0.6) is 5.88 Å². The monoisotopic (exact) mass is 359 g/mol. The quantitative estimate of drug-likeness (QED) is 0.787. The van der Waals surface area contributed by atoms with Crippen molar-refractivity contribution in [2.75, 3.05) is 7.11 Å². The maximum atomic E-state index is 12.5. The van der Waals surface area contributed by atoms with Crippen molar-refractivity contribution in [3.05, 3.63) is 40.9 Å². The number of carbonyl (C=O) groups is 1. The van der Waals surface area contributed by atoms with Crippen LogP contribution in [-0.2, 0) is 11.2 Å². The number of aryl methyl sites for hydroxylation is 2. The molecular weight excluding hydrogens is 334 g/mol.